The SMILES string of the molecule is Cc1nc(-c2ccccc2)sc1C(=O)N1CC(C)CC(C(=O)O)C1. The Labute approximate surface area is 145 Å². The molecule has 1 aliphatic heterocycles. The van der Waals surface area contributed by atoms with Crippen molar-refractivity contribution in [2.45, 2.75) is 20.3 Å². The summed E-state index contributed by atoms with van der Waals surface area (Å²) in [4.78, 5) is 31.0. The number of amides is 1. The van der Waals surface area contributed by atoms with E-state index in [1.807, 2.05) is 44.2 Å². The summed E-state index contributed by atoms with van der Waals surface area (Å²) >= 11 is 1.38. The molecule has 2 unspecified atom stereocenters. The number of hydrogen-bond acceptors (Lipinski definition) is 4. The lowest BCUT2D eigenvalue weighted by Crippen LogP contribution is -2.45. The van der Waals surface area contributed by atoms with Crippen LogP contribution < -0.4 is 0 Å². The van der Waals surface area contributed by atoms with Crippen molar-refractivity contribution in [1.29, 1.82) is 0 Å². The number of aliphatic carboxylic acids is 1. The highest BCUT2D eigenvalue weighted by molar-refractivity contribution is 7.17. The van der Waals surface area contributed by atoms with Crippen LogP contribution in [0.25, 0.3) is 10.6 Å². The number of aryl methyl sites for hydroxylation is 1. The van der Waals surface area contributed by atoms with Gasteiger partial charge in [-0.15, -0.1) is 11.3 Å². The number of nitrogens with zero attached hydrogens (tertiary/aromatic N) is 2. The van der Waals surface area contributed by atoms with E-state index in [4.69, 9.17) is 0 Å². The highest BCUT2D eigenvalue weighted by atomic mass is 32.1. The molecule has 1 saturated heterocycles. The molecule has 0 saturated carbocycles. The number of hydrogen-bond donors (Lipinski definition) is 1. The largest absolute Gasteiger partial charge is 0.481 e. The molecule has 2 atom stereocenters. The van der Waals surface area contributed by atoms with Gasteiger partial charge >= 0.3 is 5.97 Å². The van der Waals surface area contributed by atoms with Crippen molar-refractivity contribution in [3.05, 3.63) is 40.9 Å². The number of carboxylic acid groups (broad SMARTS) is 1. The second-order valence-corrected chi connectivity index (χ2v) is 7.38. The molecular weight excluding hydrogens is 324 g/mol. The summed E-state index contributed by atoms with van der Waals surface area (Å²) < 4.78 is 0. The van der Waals surface area contributed by atoms with Gasteiger partial charge in [-0.05, 0) is 19.3 Å². The van der Waals surface area contributed by atoms with E-state index in [0.29, 0.717) is 23.5 Å². The van der Waals surface area contributed by atoms with Crippen LogP contribution in [0.2, 0.25) is 0 Å². The van der Waals surface area contributed by atoms with Crippen molar-refractivity contribution in [2.24, 2.45) is 11.8 Å². The zero-order chi connectivity index (χ0) is 17.3. The lowest BCUT2D eigenvalue weighted by Gasteiger charge is -2.34. The molecule has 2 heterocycles. The Morgan fingerprint density at radius 3 is 2.62 bits per heavy atom. The first-order valence-electron chi connectivity index (χ1n) is 8.00. The second kappa shape index (κ2) is 6.73. The first-order valence-corrected chi connectivity index (χ1v) is 8.82. The maximum absolute atomic E-state index is 12.9. The summed E-state index contributed by atoms with van der Waals surface area (Å²) in [5.74, 6) is -1.24. The van der Waals surface area contributed by atoms with E-state index in [9.17, 15) is 14.7 Å². The smallest absolute Gasteiger partial charge is 0.308 e. The number of likely N-dealkylation sites (tertiary alicyclic amines) is 1. The van der Waals surface area contributed by atoms with E-state index >= 15 is 0 Å². The Morgan fingerprint density at radius 1 is 1.25 bits per heavy atom. The fourth-order valence-corrected chi connectivity index (χ4v) is 4.18. The Bertz CT molecular complexity index is 757. The molecule has 5 nitrogen and oxygen atoms in total. The number of carbonyl (C=O) groups is 2. The van der Waals surface area contributed by atoms with Gasteiger partial charge in [0.1, 0.15) is 9.88 Å². The molecule has 1 N–H and O–H groups in total. The van der Waals surface area contributed by atoms with Crippen LogP contribution in [-0.2, 0) is 4.79 Å². The highest BCUT2D eigenvalue weighted by Gasteiger charge is 2.33. The van der Waals surface area contributed by atoms with Gasteiger partial charge in [-0.1, -0.05) is 37.3 Å². The van der Waals surface area contributed by atoms with E-state index in [0.717, 1.165) is 10.6 Å². The monoisotopic (exact) mass is 344 g/mol. The summed E-state index contributed by atoms with van der Waals surface area (Å²) in [6, 6.07) is 9.76. The molecule has 0 bridgehead atoms. The van der Waals surface area contributed by atoms with Crippen molar-refractivity contribution >= 4 is 23.2 Å². The summed E-state index contributed by atoms with van der Waals surface area (Å²) in [6.07, 6.45) is 0.621. The van der Waals surface area contributed by atoms with Gasteiger partial charge in [0.25, 0.3) is 5.91 Å². The van der Waals surface area contributed by atoms with Crippen molar-refractivity contribution in [1.82, 2.24) is 9.88 Å². The minimum Gasteiger partial charge on any atom is -0.481 e. The Kier molecular flexibility index (Phi) is 4.66. The van der Waals surface area contributed by atoms with E-state index in [-0.39, 0.29) is 18.4 Å². The molecule has 0 aliphatic carbocycles. The van der Waals surface area contributed by atoms with Crippen LogP contribution in [0.5, 0.6) is 0 Å². The summed E-state index contributed by atoms with van der Waals surface area (Å²) in [5, 5.41) is 10.1. The van der Waals surface area contributed by atoms with Gasteiger partial charge < -0.3 is 10.0 Å². The standard InChI is InChI=1S/C18H20N2O3S/c1-11-8-14(18(22)23)10-20(9-11)17(21)15-12(2)19-16(24-15)13-6-4-3-5-7-13/h3-7,11,14H,8-10H2,1-2H3,(H,22,23). The van der Waals surface area contributed by atoms with Gasteiger partial charge in [0, 0.05) is 18.7 Å². The summed E-state index contributed by atoms with van der Waals surface area (Å²) in [7, 11) is 0. The molecule has 0 radical (unpaired) electrons. The molecule has 0 spiro atoms. The highest BCUT2D eigenvalue weighted by Crippen LogP contribution is 2.30. The molecule has 1 aromatic heterocycles. The van der Waals surface area contributed by atoms with Gasteiger partial charge in [-0.25, -0.2) is 4.98 Å². The first-order chi connectivity index (χ1) is 11.5. The van der Waals surface area contributed by atoms with Gasteiger partial charge in [-0.3, -0.25) is 9.59 Å². The minimum atomic E-state index is -0.828. The molecule has 1 aromatic carbocycles. The number of benzene rings is 1. The van der Waals surface area contributed by atoms with Crippen LogP contribution >= 0.6 is 11.3 Å². The van der Waals surface area contributed by atoms with Crippen LogP contribution in [0.4, 0.5) is 0 Å². The van der Waals surface area contributed by atoms with Crippen molar-refractivity contribution < 1.29 is 14.7 Å². The predicted octanol–water partition coefficient (Wildman–Crippen LogP) is 3.30. The van der Waals surface area contributed by atoms with Crippen LogP contribution in [0.3, 0.4) is 0 Å². The number of carboxylic acids is 1. The van der Waals surface area contributed by atoms with E-state index in [1.165, 1.54) is 11.3 Å². The number of rotatable bonds is 3. The molecule has 126 valence electrons. The van der Waals surface area contributed by atoms with Gasteiger partial charge in [-0.2, -0.15) is 0 Å². The first kappa shape index (κ1) is 16.6. The normalized spacial score (nSPS) is 20.8. The second-order valence-electron chi connectivity index (χ2n) is 6.39. The molecule has 2 aromatic rings. The molecule has 1 aliphatic rings. The van der Waals surface area contributed by atoms with Crippen LogP contribution in [-0.4, -0.2) is 40.0 Å². The summed E-state index contributed by atoms with van der Waals surface area (Å²) in [5.41, 5.74) is 1.69. The number of aromatic nitrogens is 1. The van der Waals surface area contributed by atoms with Crippen LogP contribution in [0.15, 0.2) is 30.3 Å². The van der Waals surface area contributed by atoms with E-state index < -0.39 is 11.9 Å². The molecule has 3 rings (SSSR count). The zero-order valence-electron chi connectivity index (χ0n) is 13.7. The third-order valence-electron chi connectivity index (χ3n) is 4.31. The molecule has 1 fully saturated rings. The fraction of sp³-hybridized carbons (Fsp3) is 0.389. The topological polar surface area (TPSA) is 70.5 Å². The van der Waals surface area contributed by atoms with Gasteiger partial charge in [0.2, 0.25) is 0 Å². The number of piperidine rings is 1. The maximum Gasteiger partial charge on any atom is 0.308 e. The van der Waals surface area contributed by atoms with Crippen LogP contribution in [0, 0.1) is 18.8 Å². The molecule has 24 heavy (non-hydrogen) atoms. The van der Waals surface area contributed by atoms with Gasteiger partial charge in [0.05, 0.1) is 11.6 Å². The Hall–Kier alpha value is -2.21. The van der Waals surface area contributed by atoms with Gasteiger partial charge in [0.15, 0.2) is 0 Å². The van der Waals surface area contributed by atoms with E-state index in [2.05, 4.69) is 4.98 Å². The Morgan fingerprint density at radius 2 is 1.96 bits per heavy atom. The average Bonchev–Trinajstić information content (AvgIpc) is 2.96. The summed E-state index contributed by atoms with van der Waals surface area (Å²) in [6.45, 7) is 4.69. The third kappa shape index (κ3) is 3.33. The minimum absolute atomic E-state index is 0.106. The molecule has 6 heteroatoms. The lowest BCUT2D eigenvalue weighted by molar-refractivity contribution is -0.143. The average molecular weight is 344 g/mol. The van der Waals surface area contributed by atoms with Crippen molar-refractivity contribution in [3.8, 4) is 10.6 Å². The van der Waals surface area contributed by atoms with Crippen LogP contribution in [0.1, 0.15) is 28.7 Å². The quantitative estimate of drug-likeness (QED) is 0.927. The fourth-order valence-electron chi connectivity index (χ4n) is 3.14. The predicted molar refractivity (Wildman–Crippen MR) is 93.1 cm³/mol. The van der Waals surface area contributed by atoms with E-state index in [1.54, 1.807) is 4.90 Å². The maximum atomic E-state index is 12.9. The number of thiazole rings is 1. The molecule has 1 amide bonds. The molecular formula is C18H20N2O3S. The number of carbonyl (C=O) groups excluding carboxylic acids is 1. The zero-order valence-corrected chi connectivity index (χ0v) is 14.5. The Balaban J connectivity index is 1.85. The van der Waals surface area contributed by atoms with Crippen molar-refractivity contribution in [3.63, 3.8) is 0 Å². The third-order valence-corrected chi connectivity index (χ3v) is 5.50. The lowest BCUT2D eigenvalue weighted by atomic mass is 9.90. The van der Waals surface area contributed by atoms with Crippen molar-refractivity contribution in [2.75, 3.05) is 13.1 Å².